The van der Waals surface area contributed by atoms with E-state index in [1.165, 1.54) is 0 Å². The zero-order valence-corrected chi connectivity index (χ0v) is 4.54. The summed E-state index contributed by atoms with van der Waals surface area (Å²) in [7, 11) is 0. The van der Waals surface area contributed by atoms with Crippen molar-refractivity contribution in [3.63, 3.8) is 0 Å². The topological polar surface area (TPSA) is 111 Å². The molecular weight excluding hydrogens is 197 g/mol. The summed E-state index contributed by atoms with van der Waals surface area (Å²) in [5.74, 6) is 0. The first kappa shape index (κ1) is 15.7. The molecule has 0 unspecified atom stereocenters. The number of hydrogen-bond donors (Lipinski definition) is 0. The van der Waals surface area contributed by atoms with E-state index in [1.807, 2.05) is 0 Å². The first-order valence-corrected chi connectivity index (χ1v) is 0.667. The first-order chi connectivity index (χ1) is 2.83. The molecule has 0 heterocycles. The van der Waals surface area contributed by atoms with Crippen LogP contribution in [-0.4, -0.2) is 0 Å². The van der Waals surface area contributed by atoms with Crippen molar-refractivity contribution >= 4 is 0 Å². The van der Waals surface area contributed by atoms with E-state index in [1.54, 1.807) is 10.1 Å². The van der Waals surface area contributed by atoms with Crippen LogP contribution in [0.3, 0.4) is 0 Å². The van der Waals surface area contributed by atoms with E-state index in [9.17, 15) is 0 Å². The fourth-order valence-corrected chi connectivity index (χ4v) is 0. The Morgan fingerprint density at radius 1 is 0.714 bits per heavy atom. The van der Waals surface area contributed by atoms with E-state index >= 15 is 0 Å². The van der Waals surface area contributed by atoms with Gasteiger partial charge in [0.1, 0.15) is 0 Å². The van der Waals surface area contributed by atoms with E-state index in [0.29, 0.717) is 0 Å². The summed E-state index contributed by atoms with van der Waals surface area (Å²) >= 11 is 0. The van der Waals surface area contributed by atoms with Gasteiger partial charge < -0.3 is 31.1 Å². The minimum atomic E-state index is 0. The molecule has 0 aliphatic rings. The average Bonchev–Trinajstić information content (AvgIpc) is 1.39. The Labute approximate surface area is 51.4 Å². The maximum absolute atomic E-state index is 7.88. The molecule has 0 atom stereocenters. The van der Waals surface area contributed by atoms with Crippen LogP contribution in [0.2, 0.25) is 0 Å². The molecule has 0 aromatic carbocycles. The van der Waals surface area contributed by atoms with Crippen molar-refractivity contribution < 1.29 is 50.6 Å². The van der Waals surface area contributed by atoms with Crippen LogP contribution in [0.15, 0.2) is 0 Å². The molecule has 0 amide bonds. The summed E-state index contributed by atoms with van der Waals surface area (Å²) in [4.78, 5) is 0. The predicted octanol–water partition coefficient (Wildman–Crippen LogP) is -4.90. The molecular formula is O6Ru. The second-order valence-corrected chi connectivity index (χ2v) is 0.136. The van der Waals surface area contributed by atoms with Crippen LogP contribution >= 0.6 is 0 Å². The molecule has 0 spiro atoms. The Hall–Kier alpha value is 0.383. The van der Waals surface area contributed by atoms with E-state index in [2.05, 4.69) is 0 Å². The van der Waals surface area contributed by atoms with Gasteiger partial charge in [-0.15, -0.1) is 0 Å². The summed E-state index contributed by atoms with van der Waals surface area (Å²) in [5.41, 5.74) is 0. The predicted molar refractivity (Wildman–Crippen MR) is 2.17 cm³/mol. The van der Waals surface area contributed by atoms with Gasteiger partial charge in [0.25, 0.3) is 0 Å². The van der Waals surface area contributed by atoms with E-state index in [-0.39, 0.29) is 19.5 Å². The zero-order chi connectivity index (χ0) is 5.41. The second-order valence-electron chi connectivity index (χ2n) is 0.136. The van der Waals surface area contributed by atoms with Crippen molar-refractivity contribution in [1.29, 1.82) is 0 Å². The van der Waals surface area contributed by atoms with Gasteiger partial charge in [0.2, 0.25) is 0 Å². The van der Waals surface area contributed by atoms with Gasteiger partial charge in [-0.25, -0.2) is 0 Å². The molecule has 0 aliphatic heterocycles. The fraction of sp³-hybridized carbons (Fsp3) is 0. The van der Waals surface area contributed by atoms with Crippen LogP contribution in [0.4, 0.5) is 0 Å². The Morgan fingerprint density at radius 2 is 0.714 bits per heavy atom. The summed E-state index contributed by atoms with van der Waals surface area (Å²) in [6, 6.07) is 0. The summed E-state index contributed by atoms with van der Waals surface area (Å²) in [6.07, 6.45) is 0. The fourth-order valence-electron chi connectivity index (χ4n) is 0. The van der Waals surface area contributed by atoms with Gasteiger partial charge in [-0.1, -0.05) is 0 Å². The monoisotopic (exact) mass is 198 g/mol. The van der Waals surface area contributed by atoms with Crippen LogP contribution in [0.1, 0.15) is 0 Å². The minimum absolute atomic E-state index is 0. The standard InChI is InChI=1S/2H2O3.Ru/c2*1-3-2;/h2*1-2H;/q;;+4/p-4. The molecule has 6 nitrogen and oxygen atoms in total. The van der Waals surface area contributed by atoms with Crippen molar-refractivity contribution in [2.24, 2.45) is 0 Å². The smallest absolute Gasteiger partial charge is 0.734 e. The molecule has 0 aromatic heterocycles. The van der Waals surface area contributed by atoms with Crippen molar-refractivity contribution in [3.8, 4) is 0 Å². The maximum atomic E-state index is 7.88. The molecule has 0 radical (unpaired) electrons. The quantitative estimate of drug-likeness (QED) is 0.218. The molecule has 44 valence electrons. The van der Waals surface area contributed by atoms with Gasteiger partial charge in [-0.3, -0.25) is 0 Å². The van der Waals surface area contributed by atoms with Crippen LogP contribution in [0.25, 0.3) is 0 Å². The minimum Gasteiger partial charge on any atom is -0.734 e. The zero-order valence-electron chi connectivity index (χ0n) is 2.80. The molecule has 0 aromatic rings. The Kier molecular flexibility index (Phi) is 72.8. The Bertz CT molecular complexity index is 6.14. The van der Waals surface area contributed by atoms with Crippen LogP contribution in [0, 0.1) is 0 Å². The normalized spacial score (nSPS) is 5.14. The van der Waals surface area contributed by atoms with Gasteiger partial charge in [0.15, 0.2) is 0 Å². The SMILES string of the molecule is [O-]O[O-].[O-]O[O-].[Ru+4]. The first-order valence-electron chi connectivity index (χ1n) is 0.667. The molecule has 7 heteroatoms. The molecule has 0 N–H and O–H groups in total. The van der Waals surface area contributed by atoms with Crippen LogP contribution < -0.4 is 21.0 Å². The van der Waals surface area contributed by atoms with Crippen molar-refractivity contribution in [3.05, 3.63) is 0 Å². The third kappa shape index (κ3) is 834. The third-order valence-corrected chi connectivity index (χ3v) is 0. The third-order valence-electron chi connectivity index (χ3n) is 0. The van der Waals surface area contributed by atoms with Crippen LogP contribution in [-0.2, 0) is 29.6 Å². The van der Waals surface area contributed by atoms with Crippen molar-refractivity contribution in [2.75, 3.05) is 0 Å². The molecule has 0 fully saturated rings. The molecule has 0 bridgehead atoms. The van der Waals surface area contributed by atoms with E-state index < -0.39 is 0 Å². The van der Waals surface area contributed by atoms with Gasteiger partial charge in [-0.05, 0) is 0 Å². The Morgan fingerprint density at radius 3 is 0.714 bits per heavy atom. The largest absolute Gasteiger partial charge is 4.00 e. The Balaban J connectivity index is -0.0000000400. The number of hydrogen-bond acceptors (Lipinski definition) is 6. The summed E-state index contributed by atoms with van der Waals surface area (Å²) in [5, 5.41) is 35.0. The van der Waals surface area contributed by atoms with Crippen molar-refractivity contribution in [1.82, 2.24) is 0 Å². The molecule has 0 saturated heterocycles. The summed E-state index contributed by atoms with van der Waals surface area (Å²) < 4.78 is 0. The van der Waals surface area contributed by atoms with Crippen LogP contribution in [0.5, 0.6) is 0 Å². The average molecular weight is 197 g/mol. The second kappa shape index (κ2) is 32.6. The van der Waals surface area contributed by atoms with E-state index in [4.69, 9.17) is 21.0 Å². The summed E-state index contributed by atoms with van der Waals surface area (Å²) in [6.45, 7) is 0. The van der Waals surface area contributed by atoms with Crippen molar-refractivity contribution in [2.45, 2.75) is 0 Å². The molecule has 7 heavy (non-hydrogen) atoms. The molecule has 0 aliphatic carbocycles. The van der Waals surface area contributed by atoms with Gasteiger partial charge in [0.05, 0.1) is 0 Å². The number of rotatable bonds is 0. The van der Waals surface area contributed by atoms with E-state index in [0.717, 1.165) is 0 Å². The van der Waals surface area contributed by atoms with Gasteiger partial charge in [-0.2, -0.15) is 0 Å². The molecule has 0 saturated carbocycles. The molecule has 0 rings (SSSR count). The van der Waals surface area contributed by atoms with Gasteiger partial charge >= 0.3 is 19.5 Å². The maximum Gasteiger partial charge on any atom is 4.00 e. The van der Waals surface area contributed by atoms with Gasteiger partial charge in [0, 0.05) is 0 Å².